The maximum atomic E-state index is 13.3. The highest BCUT2D eigenvalue weighted by Crippen LogP contribution is 2.22. The molecule has 0 aliphatic rings. The number of carbonyl (C=O) groups is 1. The highest BCUT2D eigenvalue weighted by atomic mass is 32.1. The van der Waals surface area contributed by atoms with Crippen LogP contribution in [0, 0.1) is 11.6 Å². The second-order valence-electron chi connectivity index (χ2n) is 2.86. The van der Waals surface area contributed by atoms with Crippen molar-refractivity contribution in [3.8, 4) is 5.75 Å². The van der Waals surface area contributed by atoms with Crippen molar-refractivity contribution >= 4 is 18.4 Å². The third kappa shape index (κ3) is 2.68. The summed E-state index contributed by atoms with van der Waals surface area (Å²) in [4.78, 5) is 11.3. The average molecular weight is 232 g/mol. The normalized spacial score (nSPS) is 10.1. The van der Waals surface area contributed by atoms with Crippen LogP contribution < -0.4 is 4.74 Å². The lowest BCUT2D eigenvalue weighted by Crippen LogP contribution is -2.05. The molecule has 0 saturated carbocycles. The second kappa shape index (κ2) is 5.11. The second-order valence-corrected chi connectivity index (χ2v) is 3.31. The van der Waals surface area contributed by atoms with Crippen molar-refractivity contribution in [2.45, 2.75) is 6.42 Å². The van der Waals surface area contributed by atoms with Crippen LogP contribution in [0.1, 0.15) is 16.8 Å². The van der Waals surface area contributed by atoms with E-state index in [2.05, 4.69) is 17.4 Å². The van der Waals surface area contributed by atoms with Crippen molar-refractivity contribution in [3.63, 3.8) is 0 Å². The summed E-state index contributed by atoms with van der Waals surface area (Å²) in [5.74, 6) is -1.91. The van der Waals surface area contributed by atoms with E-state index in [-0.39, 0.29) is 17.7 Å². The molecule has 0 N–H and O–H groups in total. The molecule has 82 valence electrons. The van der Waals surface area contributed by atoms with E-state index < -0.39 is 17.4 Å². The van der Waals surface area contributed by atoms with Gasteiger partial charge in [-0.15, -0.1) is 0 Å². The summed E-state index contributed by atoms with van der Waals surface area (Å²) in [5, 5.41) is 0. The Morgan fingerprint density at radius 2 is 2.07 bits per heavy atom. The number of halogens is 2. The van der Waals surface area contributed by atoms with Gasteiger partial charge in [0.15, 0.2) is 17.3 Å². The van der Waals surface area contributed by atoms with E-state index in [0.717, 1.165) is 12.1 Å². The van der Waals surface area contributed by atoms with Gasteiger partial charge >= 0.3 is 0 Å². The Morgan fingerprint density at radius 1 is 1.40 bits per heavy atom. The van der Waals surface area contributed by atoms with E-state index in [0.29, 0.717) is 5.75 Å². The fraction of sp³-hybridized carbons (Fsp3) is 0.300. The third-order valence-electron chi connectivity index (χ3n) is 1.88. The van der Waals surface area contributed by atoms with Gasteiger partial charge in [0.05, 0.1) is 12.7 Å². The number of hydrogen-bond acceptors (Lipinski definition) is 3. The van der Waals surface area contributed by atoms with Crippen LogP contribution in [-0.4, -0.2) is 18.6 Å². The van der Waals surface area contributed by atoms with Crippen molar-refractivity contribution in [2.24, 2.45) is 0 Å². The lowest BCUT2D eigenvalue weighted by atomic mass is 10.1. The van der Waals surface area contributed by atoms with Crippen LogP contribution in [0.25, 0.3) is 0 Å². The smallest absolute Gasteiger partial charge is 0.166 e. The van der Waals surface area contributed by atoms with Gasteiger partial charge in [-0.2, -0.15) is 12.6 Å². The molecule has 0 unspecified atom stereocenters. The average Bonchev–Trinajstić information content (AvgIpc) is 2.21. The molecule has 0 heterocycles. The van der Waals surface area contributed by atoms with Crippen LogP contribution in [-0.2, 0) is 0 Å². The topological polar surface area (TPSA) is 26.3 Å². The largest absolute Gasteiger partial charge is 0.494 e. The van der Waals surface area contributed by atoms with Gasteiger partial charge in [-0.1, -0.05) is 0 Å². The summed E-state index contributed by atoms with van der Waals surface area (Å²) in [5.41, 5.74) is -0.262. The van der Waals surface area contributed by atoms with E-state index in [9.17, 15) is 13.6 Å². The molecule has 0 aliphatic heterocycles. The van der Waals surface area contributed by atoms with Crippen molar-refractivity contribution in [1.29, 1.82) is 0 Å². The fourth-order valence-corrected chi connectivity index (χ4v) is 1.34. The van der Waals surface area contributed by atoms with Gasteiger partial charge in [-0.05, 0) is 11.8 Å². The van der Waals surface area contributed by atoms with E-state index in [1.165, 1.54) is 7.11 Å². The Hall–Kier alpha value is -1.10. The molecule has 15 heavy (non-hydrogen) atoms. The Bertz CT molecular complexity index is 380. The molecule has 0 radical (unpaired) electrons. The molecule has 0 fully saturated rings. The maximum Gasteiger partial charge on any atom is 0.166 e. The molecule has 0 saturated heterocycles. The number of carbonyl (C=O) groups excluding carboxylic acids is 1. The molecule has 1 aromatic rings. The summed E-state index contributed by atoms with van der Waals surface area (Å²) in [7, 11) is 1.23. The van der Waals surface area contributed by atoms with Crippen LogP contribution in [0.2, 0.25) is 0 Å². The van der Waals surface area contributed by atoms with E-state index in [1.807, 2.05) is 0 Å². The molecular formula is C10H10F2O2S. The van der Waals surface area contributed by atoms with Gasteiger partial charge in [0, 0.05) is 12.5 Å². The number of ketones is 1. The molecule has 0 spiro atoms. The predicted molar refractivity (Wildman–Crippen MR) is 55.7 cm³/mol. The molecule has 0 aromatic heterocycles. The first-order valence-electron chi connectivity index (χ1n) is 4.27. The van der Waals surface area contributed by atoms with Crippen LogP contribution in [0.4, 0.5) is 8.78 Å². The molecule has 0 atom stereocenters. The van der Waals surface area contributed by atoms with Crippen molar-refractivity contribution in [3.05, 3.63) is 29.3 Å². The monoisotopic (exact) mass is 232 g/mol. The highest BCUT2D eigenvalue weighted by molar-refractivity contribution is 7.80. The number of rotatable bonds is 4. The fourth-order valence-electron chi connectivity index (χ4n) is 1.13. The van der Waals surface area contributed by atoms with Crippen molar-refractivity contribution in [2.75, 3.05) is 12.9 Å². The van der Waals surface area contributed by atoms with E-state index in [1.54, 1.807) is 0 Å². The Labute approximate surface area is 91.7 Å². The maximum absolute atomic E-state index is 13.3. The standard InChI is InChI=1S/C10H10F2O2S/c1-14-10-5-7(11)6(4-8(10)12)9(13)2-3-15/h4-5,15H,2-3H2,1H3. The summed E-state index contributed by atoms with van der Waals surface area (Å²) < 4.78 is 31.0. The molecule has 2 nitrogen and oxygen atoms in total. The summed E-state index contributed by atoms with van der Waals surface area (Å²) in [6.45, 7) is 0. The number of benzene rings is 1. The summed E-state index contributed by atoms with van der Waals surface area (Å²) >= 11 is 3.85. The van der Waals surface area contributed by atoms with Gasteiger partial charge in [-0.25, -0.2) is 8.78 Å². The quantitative estimate of drug-likeness (QED) is 0.637. The lowest BCUT2D eigenvalue weighted by molar-refractivity contribution is 0.0985. The summed E-state index contributed by atoms with van der Waals surface area (Å²) in [6.07, 6.45) is 0.0752. The molecule has 0 amide bonds. The van der Waals surface area contributed by atoms with Gasteiger partial charge < -0.3 is 4.74 Å². The number of Topliss-reactive ketones (excluding diaryl/α,β-unsaturated/α-hetero) is 1. The molecule has 0 bridgehead atoms. The van der Waals surface area contributed by atoms with Crippen molar-refractivity contribution in [1.82, 2.24) is 0 Å². The van der Waals surface area contributed by atoms with Gasteiger partial charge in [0.2, 0.25) is 0 Å². The zero-order valence-electron chi connectivity index (χ0n) is 8.09. The van der Waals surface area contributed by atoms with Crippen molar-refractivity contribution < 1.29 is 18.3 Å². The molecule has 1 rings (SSSR count). The summed E-state index contributed by atoms with van der Waals surface area (Å²) in [6, 6.07) is 1.71. The number of methoxy groups -OCH3 is 1. The first-order valence-corrected chi connectivity index (χ1v) is 4.90. The first-order chi connectivity index (χ1) is 7.10. The van der Waals surface area contributed by atoms with E-state index in [4.69, 9.17) is 0 Å². The van der Waals surface area contributed by atoms with Crippen LogP contribution in [0.3, 0.4) is 0 Å². The first kappa shape index (κ1) is 12.0. The molecule has 0 aliphatic carbocycles. The molecule has 1 aromatic carbocycles. The zero-order chi connectivity index (χ0) is 11.4. The Kier molecular flexibility index (Phi) is 4.08. The molecule has 5 heteroatoms. The molecular weight excluding hydrogens is 222 g/mol. The zero-order valence-corrected chi connectivity index (χ0v) is 8.98. The van der Waals surface area contributed by atoms with E-state index >= 15 is 0 Å². The van der Waals surface area contributed by atoms with Gasteiger partial charge in [0.1, 0.15) is 5.82 Å². The lowest BCUT2D eigenvalue weighted by Gasteiger charge is -2.05. The van der Waals surface area contributed by atoms with Crippen LogP contribution >= 0.6 is 12.6 Å². The minimum Gasteiger partial charge on any atom is -0.494 e. The third-order valence-corrected chi connectivity index (χ3v) is 2.10. The van der Waals surface area contributed by atoms with Crippen LogP contribution in [0.5, 0.6) is 5.75 Å². The minimum absolute atomic E-state index is 0.0752. The number of hydrogen-bond donors (Lipinski definition) is 1. The van der Waals surface area contributed by atoms with Crippen LogP contribution in [0.15, 0.2) is 12.1 Å². The number of thiol groups is 1. The predicted octanol–water partition coefficient (Wildman–Crippen LogP) is 2.48. The van der Waals surface area contributed by atoms with Gasteiger partial charge in [-0.3, -0.25) is 4.79 Å². The minimum atomic E-state index is -0.778. The SMILES string of the molecule is COc1cc(F)c(C(=O)CCS)cc1F. The Balaban J connectivity index is 3.10. The Morgan fingerprint density at radius 3 is 2.60 bits per heavy atom. The number of ether oxygens (including phenoxy) is 1. The van der Waals surface area contributed by atoms with Gasteiger partial charge in [0.25, 0.3) is 0 Å². The highest BCUT2D eigenvalue weighted by Gasteiger charge is 2.15.